The Morgan fingerprint density at radius 3 is 2.52 bits per heavy atom. The van der Waals surface area contributed by atoms with Crippen LogP contribution in [0, 0.1) is 6.92 Å². The Kier molecular flexibility index (Phi) is 5.88. The van der Waals surface area contributed by atoms with Crippen LogP contribution in [0.1, 0.15) is 50.7 Å². The van der Waals surface area contributed by atoms with Crippen LogP contribution in [0.2, 0.25) is 0 Å². The summed E-state index contributed by atoms with van der Waals surface area (Å²) in [5, 5.41) is 0. The van der Waals surface area contributed by atoms with Crippen LogP contribution in [0.4, 0.5) is 0 Å². The van der Waals surface area contributed by atoms with Crippen LogP contribution in [0.25, 0.3) is 11.3 Å². The Balaban J connectivity index is 2.62. The summed E-state index contributed by atoms with van der Waals surface area (Å²) in [5.74, 6) is 1.10. The minimum Gasteiger partial charge on any atom is -0.326 e. The van der Waals surface area contributed by atoms with Gasteiger partial charge in [-0.05, 0) is 32.8 Å². The average molecular weight is 334 g/mol. The highest BCUT2D eigenvalue weighted by atomic mass is 35.5. The van der Waals surface area contributed by atoms with E-state index in [4.69, 9.17) is 22.3 Å². The normalized spacial score (nSPS) is 11.9. The number of benzene rings is 1. The topological polar surface area (TPSA) is 43.8 Å². The zero-order valence-electron chi connectivity index (χ0n) is 14.7. The summed E-state index contributed by atoms with van der Waals surface area (Å²) in [5.41, 5.74) is 10.5. The lowest BCUT2D eigenvalue weighted by Crippen LogP contribution is -2.22. The molecule has 4 heteroatoms. The van der Waals surface area contributed by atoms with Gasteiger partial charge in [0, 0.05) is 25.1 Å². The molecule has 0 radical (unpaired) electrons. The van der Waals surface area contributed by atoms with Gasteiger partial charge < -0.3 is 10.3 Å². The molecule has 0 atom stereocenters. The van der Waals surface area contributed by atoms with E-state index in [1.165, 1.54) is 11.1 Å². The minimum atomic E-state index is -0.328. The molecular formula is C19H28ClN3. The lowest BCUT2D eigenvalue weighted by atomic mass is 10.0. The molecule has 23 heavy (non-hydrogen) atoms. The van der Waals surface area contributed by atoms with Crippen molar-refractivity contribution in [3.63, 3.8) is 0 Å². The molecule has 0 aliphatic carbocycles. The first kappa shape index (κ1) is 18.0. The monoisotopic (exact) mass is 333 g/mol. The standard InChI is InChI=1S/C19H28ClN3/c1-5-6-11-17-22-16(12-21)18(23(17)13-19(3,4)20)15-10-8-7-9-14(15)2/h7-10H,5-6,11-13,21H2,1-4H3. The van der Waals surface area contributed by atoms with Crippen LogP contribution in [-0.4, -0.2) is 14.4 Å². The highest BCUT2D eigenvalue weighted by molar-refractivity contribution is 6.23. The van der Waals surface area contributed by atoms with Gasteiger partial charge in [0.2, 0.25) is 0 Å². The third kappa shape index (κ3) is 4.36. The van der Waals surface area contributed by atoms with E-state index in [1.54, 1.807) is 0 Å². The Morgan fingerprint density at radius 1 is 1.26 bits per heavy atom. The molecule has 1 aromatic heterocycles. The maximum atomic E-state index is 6.55. The third-order valence-corrected chi connectivity index (χ3v) is 4.12. The molecule has 0 unspecified atom stereocenters. The zero-order chi connectivity index (χ0) is 17.0. The van der Waals surface area contributed by atoms with E-state index in [9.17, 15) is 0 Å². The number of aromatic nitrogens is 2. The summed E-state index contributed by atoms with van der Waals surface area (Å²) < 4.78 is 2.28. The number of nitrogens with zero attached hydrogens (tertiary/aromatic N) is 2. The quantitative estimate of drug-likeness (QED) is 0.748. The highest BCUT2D eigenvalue weighted by Crippen LogP contribution is 2.31. The van der Waals surface area contributed by atoms with Crippen molar-refractivity contribution in [3.05, 3.63) is 41.3 Å². The number of halogens is 1. The van der Waals surface area contributed by atoms with E-state index in [-0.39, 0.29) is 4.87 Å². The molecule has 0 aliphatic heterocycles. The first-order chi connectivity index (χ1) is 10.9. The maximum absolute atomic E-state index is 6.55. The molecule has 0 spiro atoms. The predicted octanol–water partition coefficient (Wildman–Crippen LogP) is 4.68. The van der Waals surface area contributed by atoms with E-state index < -0.39 is 0 Å². The van der Waals surface area contributed by atoms with Crippen LogP contribution >= 0.6 is 11.6 Å². The molecule has 0 saturated carbocycles. The van der Waals surface area contributed by atoms with Gasteiger partial charge >= 0.3 is 0 Å². The summed E-state index contributed by atoms with van der Waals surface area (Å²) in [6.45, 7) is 9.59. The molecular weight excluding hydrogens is 306 g/mol. The SMILES string of the molecule is CCCCc1nc(CN)c(-c2ccccc2C)n1CC(C)(C)Cl. The van der Waals surface area contributed by atoms with Crippen molar-refractivity contribution < 1.29 is 0 Å². The fourth-order valence-electron chi connectivity index (χ4n) is 2.91. The molecule has 0 amide bonds. The summed E-state index contributed by atoms with van der Waals surface area (Å²) >= 11 is 6.55. The number of nitrogens with two attached hydrogens (primary N) is 1. The average Bonchev–Trinajstić information content (AvgIpc) is 2.81. The van der Waals surface area contributed by atoms with Crippen LogP contribution in [0.5, 0.6) is 0 Å². The Bertz CT molecular complexity index is 653. The lowest BCUT2D eigenvalue weighted by Gasteiger charge is -2.21. The maximum Gasteiger partial charge on any atom is 0.109 e. The van der Waals surface area contributed by atoms with Gasteiger partial charge in [-0.2, -0.15) is 0 Å². The number of hydrogen-bond donors (Lipinski definition) is 1. The van der Waals surface area contributed by atoms with Crippen molar-refractivity contribution in [3.8, 4) is 11.3 Å². The van der Waals surface area contributed by atoms with Crippen molar-refractivity contribution in [1.29, 1.82) is 0 Å². The smallest absolute Gasteiger partial charge is 0.109 e. The van der Waals surface area contributed by atoms with Crippen molar-refractivity contribution >= 4 is 11.6 Å². The molecule has 2 rings (SSSR count). The first-order valence-electron chi connectivity index (χ1n) is 8.40. The number of alkyl halides is 1. The van der Waals surface area contributed by atoms with Crippen LogP contribution < -0.4 is 5.73 Å². The first-order valence-corrected chi connectivity index (χ1v) is 8.78. The second-order valence-electron chi connectivity index (χ2n) is 6.75. The van der Waals surface area contributed by atoms with Gasteiger partial charge in [-0.15, -0.1) is 11.6 Å². The van der Waals surface area contributed by atoms with Crippen molar-refractivity contribution in [1.82, 2.24) is 9.55 Å². The second-order valence-corrected chi connectivity index (χ2v) is 7.77. The second kappa shape index (κ2) is 7.50. The fraction of sp³-hybridized carbons (Fsp3) is 0.526. The summed E-state index contributed by atoms with van der Waals surface area (Å²) in [6.07, 6.45) is 3.23. The highest BCUT2D eigenvalue weighted by Gasteiger charge is 2.23. The Hall–Kier alpha value is -1.32. The number of hydrogen-bond acceptors (Lipinski definition) is 2. The lowest BCUT2D eigenvalue weighted by molar-refractivity contribution is 0.536. The summed E-state index contributed by atoms with van der Waals surface area (Å²) in [7, 11) is 0. The van der Waals surface area contributed by atoms with E-state index in [0.717, 1.165) is 43.0 Å². The van der Waals surface area contributed by atoms with Gasteiger partial charge in [-0.1, -0.05) is 37.6 Å². The van der Waals surface area contributed by atoms with E-state index in [1.807, 2.05) is 13.8 Å². The van der Waals surface area contributed by atoms with E-state index in [2.05, 4.69) is 42.7 Å². The molecule has 0 aliphatic rings. The van der Waals surface area contributed by atoms with Gasteiger partial charge in [0.05, 0.1) is 16.3 Å². The number of imidazole rings is 1. The van der Waals surface area contributed by atoms with Crippen molar-refractivity contribution in [2.45, 2.75) is 64.9 Å². The van der Waals surface area contributed by atoms with E-state index in [0.29, 0.717) is 6.54 Å². The minimum absolute atomic E-state index is 0.328. The fourth-order valence-corrected chi connectivity index (χ4v) is 3.03. The number of unbranched alkanes of at least 4 members (excludes halogenated alkanes) is 1. The third-order valence-electron chi connectivity index (χ3n) is 4.00. The molecule has 2 aromatic rings. The van der Waals surface area contributed by atoms with Gasteiger partial charge in [0.15, 0.2) is 0 Å². The molecule has 0 bridgehead atoms. The molecule has 1 heterocycles. The van der Waals surface area contributed by atoms with E-state index >= 15 is 0 Å². The summed E-state index contributed by atoms with van der Waals surface area (Å²) in [6, 6.07) is 8.40. The number of rotatable bonds is 7. The van der Waals surface area contributed by atoms with Crippen LogP contribution in [0.3, 0.4) is 0 Å². The molecule has 1 aromatic carbocycles. The molecule has 3 nitrogen and oxygen atoms in total. The van der Waals surface area contributed by atoms with Crippen molar-refractivity contribution in [2.75, 3.05) is 0 Å². The zero-order valence-corrected chi connectivity index (χ0v) is 15.5. The van der Waals surface area contributed by atoms with Crippen molar-refractivity contribution in [2.24, 2.45) is 5.73 Å². The molecule has 126 valence electrons. The van der Waals surface area contributed by atoms with Crippen LogP contribution in [0.15, 0.2) is 24.3 Å². The predicted molar refractivity (Wildman–Crippen MR) is 98.8 cm³/mol. The summed E-state index contributed by atoms with van der Waals surface area (Å²) in [4.78, 5) is 4.52. The molecule has 2 N–H and O–H groups in total. The largest absolute Gasteiger partial charge is 0.326 e. The molecule has 0 saturated heterocycles. The Morgan fingerprint density at radius 2 is 1.96 bits per heavy atom. The van der Waals surface area contributed by atoms with Gasteiger partial charge in [-0.25, -0.2) is 4.98 Å². The van der Waals surface area contributed by atoms with Crippen LogP contribution in [-0.2, 0) is 19.5 Å². The van der Waals surface area contributed by atoms with Gasteiger partial charge in [-0.3, -0.25) is 0 Å². The number of aryl methyl sites for hydroxylation is 2. The van der Waals surface area contributed by atoms with Gasteiger partial charge in [0.1, 0.15) is 5.82 Å². The Labute approximate surface area is 144 Å². The van der Waals surface area contributed by atoms with Gasteiger partial charge in [0.25, 0.3) is 0 Å². The molecule has 0 fully saturated rings.